The molecule has 0 fully saturated rings. The Balaban J connectivity index is 2.99. The topological polar surface area (TPSA) is 79.5 Å². The first-order valence-corrected chi connectivity index (χ1v) is 4.58. The van der Waals surface area contributed by atoms with Gasteiger partial charge in [-0.2, -0.15) is 0 Å². The Morgan fingerprint density at radius 3 is 2.67 bits per heavy atom. The van der Waals surface area contributed by atoms with E-state index in [1.54, 1.807) is 37.5 Å². The first kappa shape index (κ1) is 11.6. The molecule has 0 bridgehead atoms. The highest BCUT2D eigenvalue weighted by Crippen LogP contribution is 2.19. The minimum atomic E-state index is -1.02. The maximum atomic E-state index is 10.8. The first-order chi connectivity index (χ1) is 7.04. The molecular weight excluding hydrogens is 194 g/mol. The van der Waals surface area contributed by atoms with Gasteiger partial charge in [-0.05, 0) is 25.7 Å². The average molecular weight is 209 g/mol. The predicted molar refractivity (Wildman–Crippen MR) is 56.3 cm³/mol. The summed E-state index contributed by atoms with van der Waals surface area (Å²) in [4.78, 5) is 16.6. The Hall–Kier alpha value is -1.46. The van der Waals surface area contributed by atoms with Gasteiger partial charge in [0.2, 0.25) is 0 Å². The van der Waals surface area contributed by atoms with Crippen molar-refractivity contribution in [3.8, 4) is 0 Å². The number of aromatic nitrogens is 1. The zero-order valence-corrected chi connectivity index (χ0v) is 8.79. The molecular formula is C10H15N3O2. The van der Waals surface area contributed by atoms with Crippen LogP contribution in [0.2, 0.25) is 0 Å². The van der Waals surface area contributed by atoms with Gasteiger partial charge in [-0.1, -0.05) is 6.07 Å². The van der Waals surface area contributed by atoms with Crippen LogP contribution in [0.4, 0.5) is 0 Å². The number of carboxylic acid groups (broad SMARTS) is 1. The van der Waals surface area contributed by atoms with Crippen LogP contribution in [0.15, 0.2) is 24.5 Å². The zero-order valence-electron chi connectivity index (χ0n) is 8.79. The summed E-state index contributed by atoms with van der Waals surface area (Å²) in [5, 5.41) is 8.89. The summed E-state index contributed by atoms with van der Waals surface area (Å²) in [6, 6.07) is 2.27. The minimum Gasteiger partial charge on any atom is -0.480 e. The van der Waals surface area contributed by atoms with E-state index in [0.29, 0.717) is 0 Å². The molecule has 82 valence electrons. The van der Waals surface area contributed by atoms with Crippen LogP contribution >= 0.6 is 0 Å². The van der Waals surface area contributed by atoms with E-state index in [1.807, 2.05) is 6.07 Å². The third kappa shape index (κ3) is 2.74. The van der Waals surface area contributed by atoms with Crippen molar-refractivity contribution in [2.75, 3.05) is 14.1 Å². The van der Waals surface area contributed by atoms with Gasteiger partial charge in [0.15, 0.2) is 0 Å². The van der Waals surface area contributed by atoms with Crippen LogP contribution in [-0.4, -0.2) is 41.1 Å². The number of carboxylic acids is 1. The maximum absolute atomic E-state index is 10.8. The lowest BCUT2D eigenvalue weighted by atomic mass is 10.0. The summed E-state index contributed by atoms with van der Waals surface area (Å²) in [6.07, 6.45) is 3.27. The molecule has 3 N–H and O–H groups in total. The number of likely N-dealkylation sites (N-methyl/N-ethyl adjacent to an activating group) is 1. The number of pyridine rings is 1. The van der Waals surface area contributed by atoms with Crippen molar-refractivity contribution < 1.29 is 9.90 Å². The highest BCUT2D eigenvalue weighted by Gasteiger charge is 2.27. The van der Waals surface area contributed by atoms with E-state index in [4.69, 9.17) is 10.8 Å². The van der Waals surface area contributed by atoms with Crippen LogP contribution in [0.3, 0.4) is 0 Å². The van der Waals surface area contributed by atoms with Crippen molar-refractivity contribution in [2.45, 2.75) is 12.1 Å². The molecule has 0 aliphatic carbocycles. The van der Waals surface area contributed by atoms with Gasteiger partial charge >= 0.3 is 5.97 Å². The molecule has 5 heteroatoms. The monoisotopic (exact) mass is 209 g/mol. The molecule has 0 saturated carbocycles. The van der Waals surface area contributed by atoms with Crippen LogP contribution in [-0.2, 0) is 4.79 Å². The van der Waals surface area contributed by atoms with E-state index >= 15 is 0 Å². The molecule has 1 aromatic heterocycles. The van der Waals surface area contributed by atoms with E-state index in [9.17, 15) is 4.79 Å². The molecule has 2 atom stereocenters. The normalized spacial score (nSPS) is 14.9. The Bertz CT molecular complexity index is 327. The van der Waals surface area contributed by atoms with Gasteiger partial charge in [0, 0.05) is 12.4 Å². The van der Waals surface area contributed by atoms with Gasteiger partial charge in [-0.25, -0.2) is 0 Å². The van der Waals surface area contributed by atoms with E-state index in [0.717, 1.165) is 5.56 Å². The second-order valence-corrected chi connectivity index (χ2v) is 3.56. The molecule has 0 aromatic carbocycles. The number of nitrogens with zero attached hydrogens (tertiary/aromatic N) is 2. The lowest BCUT2D eigenvalue weighted by Crippen LogP contribution is -2.43. The second-order valence-electron chi connectivity index (χ2n) is 3.56. The summed E-state index contributed by atoms with van der Waals surface area (Å²) >= 11 is 0. The molecule has 0 amide bonds. The molecule has 0 radical (unpaired) electrons. The van der Waals surface area contributed by atoms with E-state index < -0.39 is 12.0 Å². The van der Waals surface area contributed by atoms with Crippen LogP contribution in [0.1, 0.15) is 11.6 Å². The summed E-state index contributed by atoms with van der Waals surface area (Å²) in [5.41, 5.74) is 6.43. The lowest BCUT2D eigenvalue weighted by molar-refractivity contribution is -0.140. The summed E-state index contributed by atoms with van der Waals surface area (Å²) in [6.45, 7) is 0. The largest absolute Gasteiger partial charge is 0.480 e. The smallest absolute Gasteiger partial charge is 0.322 e. The molecule has 15 heavy (non-hydrogen) atoms. The molecule has 0 saturated heterocycles. The van der Waals surface area contributed by atoms with E-state index in [-0.39, 0.29) is 6.04 Å². The van der Waals surface area contributed by atoms with Crippen molar-refractivity contribution in [3.05, 3.63) is 30.1 Å². The van der Waals surface area contributed by atoms with Crippen LogP contribution < -0.4 is 5.73 Å². The van der Waals surface area contributed by atoms with Crippen molar-refractivity contribution in [1.82, 2.24) is 9.88 Å². The molecule has 0 aliphatic rings. The second kappa shape index (κ2) is 4.86. The Morgan fingerprint density at radius 2 is 2.27 bits per heavy atom. The summed E-state index contributed by atoms with van der Waals surface area (Å²) < 4.78 is 0. The summed E-state index contributed by atoms with van der Waals surface area (Å²) in [7, 11) is 3.58. The van der Waals surface area contributed by atoms with Crippen LogP contribution in [0.5, 0.6) is 0 Å². The molecule has 0 spiro atoms. The molecule has 0 aliphatic heterocycles. The fourth-order valence-corrected chi connectivity index (χ4v) is 1.51. The molecule has 1 rings (SSSR count). The number of hydrogen-bond donors (Lipinski definition) is 2. The molecule has 1 aromatic rings. The van der Waals surface area contributed by atoms with Gasteiger partial charge in [0.05, 0.1) is 6.04 Å². The average Bonchev–Trinajstić information content (AvgIpc) is 2.18. The number of rotatable bonds is 4. The fourth-order valence-electron chi connectivity index (χ4n) is 1.51. The fraction of sp³-hybridized carbons (Fsp3) is 0.400. The highest BCUT2D eigenvalue weighted by molar-refractivity contribution is 5.74. The highest BCUT2D eigenvalue weighted by atomic mass is 16.4. The van der Waals surface area contributed by atoms with Gasteiger partial charge in [0.25, 0.3) is 0 Å². The maximum Gasteiger partial charge on any atom is 0.322 e. The first-order valence-electron chi connectivity index (χ1n) is 4.58. The SMILES string of the molecule is CN(C)C(c1cccnc1)C(N)C(=O)O. The standard InChI is InChI=1S/C10H15N3O2/c1-13(2)9(8(11)10(14)15)7-4-3-5-12-6-7/h3-6,8-9H,11H2,1-2H3,(H,14,15). The number of nitrogens with two attached hydrogens (primary N) is 1. The Kier molecular flexibility index (Phi) is 3.76. The van der Waals surface area contributed by atoms with E-state index in [2.05, 4.69) is 4.98 Å². The number of aliphatic carboxylic acids is 1. The van der Waals surface area contributed by atoms with Gasteiger partial charge in [-0.15, -0.1) is 0 Å². The van der Waals surface area contributed by atoms with Crippen molar-refractivity contribution in [2.24, 2.45) is 5.73 Å². The van der Waals surface area contributed by atoms with Gasteiger partial charge in [0.1, 0.15) is 6.04 Å². The molecule has 5 nitrogen and oxygen atoms in total. The number of hydrogen-bond acceptors (Lipinski definition) is 4. The zero-order chi connectivity index (χ0) is 11.4. The molecule has 1 heterocycles. The quantitative estimate of drug-likeness (QED) is 0.735. The van der Waals surface area contributed by atoms with Crippen molar-refractivity contribution in [1.29, 1.82) is 0 Å². The van der Waals surface area contributed by atoms with Gasteiger partial charge in [-0.3, -0.25) is 9.78 Å². The van der Waals surface area contributed by atoms with Gasteiger partial charge < -0.3 is 15.7 Å². The van der Waals surface area contributed by atoms with E-state index in [1.165, 1.54) is 0 Å². The van der Waals surface area contributed by atoms with Crippen LogP contribution in [0.25, 0.3) is 0 Å². The Morgan fingerprint density at radius 1 is 1.60 bits per heavy atom. The molecule has 2 unspecified atom stereocenters. The van der Waals surface area contributed by atoms with Crippen LogP contribution in [0, 0.1) is 0 Å². The lowest BCUT2D eigenvalue weighted by Gasteiger charge is -2.27. The van der Waals surface area contributed by atoms with Crippen molar-refractivity contribution >= 4 is 5.97 Å². The van der Waals surface area contributed by atoms with Crippen molar-refractivity contribution in [3.63, 3.8) is 0 Å². The predicted octanol–water partition coefficient (Wildman–Crippen LogP) is 0.0962. The Labute approximate surface area is 88.5 Å². The number of carbonyl (C=O) groups is 1. The summed E-state index contributed by atoms with van der Waals surface area (Å²) in [5.74, 6) is -1.02. The third-order valence-electron chi connectivity index (χ3n) is 2.21. The minimum absolute atomic E-state index is 0.365. The third-order valence-corrected chi connectivity index (χ3v) is 2.21.